The van der Waals surface area contributed by atoms with Crippen molar-refractivity contribution in [1.29, 1.82) is 0 Å². The average molecular weight is 334 g/mol. The van der Waals surface area contributed by atoms with Gasteiger partial charge in [-0.25, -0.2) is 0 Å². The third-order valence-corrected chi connectivity index (χ3v) is 5.16. The van der Waals surface area contributed by atoms with Crippen LogP contribution < -0.4 is 5.32 Å². The lowest BCUT2D eigenvalue weighted by atomic mass is 9.92. The quantitative estimate of drug-likeness (QED) is 0.625. The lowest BCUT2D eigenvalue weighted by molar-refractivity contribution is -0.156. The van der Waals surface area contributed by atoms with Gasteiger partial charge in [0.2, 0.25) is 5.91 Å². The fourth-order valence-electron chi connectivity index (χ4n) is 3.78. The van der Waals surface area contributed by atoms with Crippen LogP contribution in [-0.2, 0) is 19.1 Å². The summed E-state index contributed by atoms with van der Waals surface area (Å²) in [4.78, 5) is 38.5. The summed E-state index contributed by atoms with van der Waals surface area (Å²) in [5.41, 5.74) is 0. The van der Waals surface area contributed by atoms with Gasteiger partial charge in [0.1, 0.15) is 6.04 Å². The number of hydrogen-bond acceptors (Lipinski definition) is 4. The number of nitrogens with zero attached hydrogens (tertiary/aromatic N) is 1. The van der Waals surface area contributed by atoms with E-state index >= 15 is 0 Å². The van der Waals surface area contributed by atoms with E-state index < -0.39 is 12.1 Å². The van der Waals surface area contributed by atoms with Crippen molar-refractivity contribution in [2.45, 2.75) is 63.5 Å². The van der Waals surface area contributed by atoms with Gasteiger partial charge >= 0.3 is 5.97 Å². The molecule has 6 nitrogen and oxygen atoms in total. The molecule has 0 aromatic carbocycles. The highest BCUT2D eigenvalue weighted by Gasteiger charge is 2.39. The van der Waals surface area contributed by atoms with Crippen molar-refractivity contribution in [3.05, 3.63) is 12.2 Å². The van der Waals surface area contributed by atoms with Crippen LogP contribution in [-0.4, -0.2) is 47.9 Å². The van der Waals surface area contributed by atoms with E-state index in [1.54, 1.807) is 4.90 Å². The van der Waals surface area contributed by atoms with Crippen molar-refractivity contribution in [2.24, 2.45) is 5.92 Å². The monoisotopic (exact) mass is 334 g/mol. The highest BCUT2D eigenvalue weighted by Crippen LogP contribution is 2.25. The minimum Gasteiger partial charge on any atom is -0.452 e. The predicted molar refractivity (Wildman–Crippen MR) is 88.0 cm³/mol. The maximum Gasteiger partial charge on any atom is 0.306 e. The molecule has 132 valence electrons. The van der Waals surface area contributed by atoms with Crippen LogP contribution in [0.2, 0.25) is 0 Å². The van der Waals surface area contributed by atoms with Gasteiger partial charge in [0.25, 0.3) is 5.91 Å². The van der Waals surface area contributed by atoms with Gasteiger partial charge in [-0.2, -0.15) is 0 Å². The SMILES string of the molecule is O=C1CC[C@H](C(=O)N(C[C@@H]2CC=CCC2)[C@H]2CCCCNC2=O)O1. The van der Waals surface area contributed by atoms with E-state index in [-0.39, 0.29) is 24.2 Å². The normalized spacial score (nSPS) is 30.4. The Morgan fingerprint density at radius 2 is 2.08 bits per heavy atom. The molecule has 3 rings (SSSR count). The highest BCUT2D eigenvalue weighted by atomic mass is 16.6. The summed E-state index contributed by atoms with van der Waals surface area (Å²) in [7, 11) is 0. The first-order valence-corrected chi connectivity index (χ1v) is 9.08. The topological polar surface area (TPSA) is 75.7 Å². The van der Waals surface area contributed by atoms with Crippen molar-refractivity contribution in [3.8, 4) is 0 Å². The summed E-state index contributed by atoms with van der Waals surface area (Å²) < 4.78 is 5.17. The molecule has 0 unspecified atom stereocenters. The third-order valence-electron chi connectivity index (χ3n) is 5.16. The number of amides is 2. The van der Waals surface area contributed by atoms with Gasteiger partial charge < -0.3 is 15.0 Å². The molecule has 3 aliphatic rings. The molecule has 2 heterocycles. The second-order valence-corrected chi connectivity index (χ2v) is 6.96. The van der Waals surface area contributed by atoms with Crippen molar-refractivity contribution < 1.29 is 19.1 Å². The van der Waals surface area contributed by atoms with Crippen LogP contribution in [0.15, 0.2) is 12.2 Å². The Bertz CT molecular complexity index is 531. The van der Waals surface area contributed by atoms with Crippen molar-refractivity contribution in [1.82, 2.24) is 10.2 Å². The zero-order valence-electron chi connectivity index (χ0n) is 14.0. The largest absolute Gasteiger partial charge is 0.452 e. The number of carbonyl (C=O) groups is 3. The number of ether oxygens (including phenoxy) is 1. The Balaban J connectivity index is 1.76. The lowest BCUT2D eigenvalue weighted by Crippen LogP contribution is -2.53. The van der Waals surface area contributed by atoms with Crippen molar-refractivity contribution in [2.75, 3.05) is 13.1 Å². The first-order valence-electron chi connectivity index (χ1n) is 9.08. The third kappa shape index (κ3) is 3.97. The molecule has 2 saturated heterocycles. The number of hydrogen-bond donors (Lipinski definition) is 1. The molecule has 2 amide bonds. The van der Waals surface area contributed by atoms with Crippen LogP contribution in [0.3, 0.4) is 0 Å². The van der Waals surface area contributed by atoms with E-state index in [4.69, 9.17) is 4.74 Å². The van der Waals surface area contributed by atoms with Gasteiger partial charge in [-0.15, -0.1) is 0 Å². The predicted octanol–water partition coefficient (Wildman–Crippen LogP) is 1.55. The number of nitrogens with one attached hydrogen (secondary N) is 1. The summed E-state index contributed by atoms with van der Waals surface area (Å²) in [5, 5.41) is 2.91. The standard InChI is InChI=1S/C18H26N2O4/c21-16-10-9-15(24-16)18(23)20(12-13-6-2-1-3-7-13)14-8-4-5-11-19-17(14)22/h1-2,13-15H,3-12H2,(H,19,22)/t13-,14+,15-/m1/s1. The summed E-state index contributed by atoms with van der Waals surface area (Å²) in [6, 6.07) is -0.440. The zero-order chi connectivity index (χ0) is 16.9. The number of rotatable bonds is 4. The molecule has 0 aromatic heterocycles. The fourth-order valence-corrected chi connectivity index (χ4v) is 3.78. The average Bonchev–Trinajstić information content (AvgIpc) is 2.91. The minimum atomic E-state index is -0.715. The van der Waals surface area contributed by atoms with Crippen LogP contribution in [0.5, 0.6) is 0 Å². The summed E-state index contributed by atoms with van der Waals surface area (Å²) in [5.74, 6) is -0.222. The van der Waals surface area contributed by atoms with Crippen LogP contribution in [0.4, 0.5) is 0 Å². The van der Waals surface area contributed by atoms with Gasteiger partial charge in [0, 0.05) is 25.9 Å². The first kappa shape index (κ1) is 17.0. The van der Waals surface area contributed by atoms with E-state index in [9.17, 15) is 14.4 Å². The second-order valence-electron chi connectivity index (χ2n) is 6.96. The van der Waals surface area contributed by atoms with E-state index in [2.05, 4.69) is 17.5 Å². The summed E-state index contributed by atoms with van der Waals surface area (Å²) >= 11 is 0. The number of esters is 1. The van der Waals surface area contributed by atoms with Gasteiger partial charge in [-0.05, 0) is 44.4 Å². The molecule has 0 bridgehead atoms. The molecule has 1 N–H and O–H groups in total. The fraction of sp³-hybridized carbons (Fsp3) is 0.722. The van der Waals surface area contributed by atoms with Crippen LogP contribution in [0.25, 0.3) is 0 Å². The lowest BCUT2D eigenvalue weighted by Gasteiger charge is -2.34. The Morgan fingerprint density at radius 3 is 2.79 bits per heavy atom. The Hall–Kier alpha value is -1.85. The summed E-state index contributed by atoms with van der Waals surface area (Å²) in [6.07, 6.45) is 9.83. The van der Waals surface area contributed by atoms with Crippen LogP contribution >= 0.6 is 0 Å². The molecule has 1 aliphatic carbocycles. The zero-order valence-corrected chi connectivity index (χ0v) is 14.0. The smallest absolute Gasteiger partial charge is 0.306 e. The summed E-state index contributed by atoms with van der Waals surface area (Å²) in [6.45, 7) is 1.23. The molecule has 0 aromatic rings. The Morgan fingerprint density at radius 1 is 1.21 bits per heavy atom. The van der Waals surface area contributed by atoms with E-state index in [0.29, 0.717) is 31.8 Å². The van der Waals surface area contributed by atoms with Crippen molar-refractivity contribution in [3.63, 3.8) is 0 Å². The first-order chi connectivity index (χ1) is 11.6. The molecule has 2 aliphatic heterocycles. The van der Waals surface area contributed by atoms with E-state index in [1.807, 2.05) is 0 Å². The molecule has 0 radical (unpaired) electrons. The number of allylic oxidation sites excluding steroid dienone is 2. The van der Waals surface area contributed by atoms with E-state index in [0.717, 1.165) is 32.1 Å². The van der Waals surface area contributed by atoms with Crippen molar-refractivity contribution >= 4 is 17.8 Å². The Labute approximate surface area is 142 Å². The van der Waals surface area contributed by atoms with Crippen LogP contribution in [0.1, 0.15) is 51.4 Å². The number of carbonyl (C=O) groups excluding carboxylic acids is 3. The molecule has 0 spiro atoms. The van der Waals surface area contributed by atoms with Gasteiger partial charge in [0.15, 0.2) is 6.10 Å². The highest BCUT2D eigenvalue weighted by molar-refractivity contribution is 5.91. The molecule has 3 atom stereocenters. The maximum absolute atomic E-state index is 13.0. The molecular formula is C18H26N2O4. The minimum absolute atomic E-state index is 0.0727. The van der Waals surface area contributed by atoms with Gasteiger partial charge in [0.05, 0.1) is 0 Å². The second kappa shape index (κ2) is 7.81. The molecular weight excluding hydrogens is 308 g/mol. The maximum atomic E-state index is 13.0. The molecule has 24 heavy (non-hydrogen) atoms. The molecule has 2 fully saturated rings. The van der Waals surface area contributed by atoms with Gasteiger partial charge in [-0.3, -0.25) is 14.4 Å². The Kier molecular flexibility index (Phi) is 5.53. The van der Waals surface area contributed by atoms with Gasteiger partial charge in [-0.1, -0.05) is 12.2 Å². The number of cyclic esters (lactones) is 1. The molecule has 6 heteroatoms. The van der Waals surface area contributed by atoms with Crippen LogP contribution in [0, 0.1) is 5.92 Å². The van der Waals surface area contributed by atoms with E-state index in [1.165, 1.54) is 0 Å². The molecule has 0 saturated carbocycles.